The molecule has 2 aliphatic rings. The number of rotatable bonds is 8. The maximum Gasteiger partial charge on any atom is 0.266 e. The lowest BCUT2D eigenvalue weighted by atomic mass is 10.1. The minimum atomic E-state index is -0.750. The molecule has 0 aliphatic carbocycles. The van der Waals surface area contributed by atoms with Crippen molar-refractivity contribution >= 4 is 68.7 Å². The minimum Gasteiger partial charge on any atom is -0.456 e. The Kier molecular flexibility index (Phi) is 7.96. The summed E-state index contributed by atoms with van der Waals surface area (Å²) in [7, 11) is 0. The number of anilines is 2. The third kappa shape index (κ3) is 5.44. The molecule has 0 fully saturated rings. The van der Waals surface area contributed by atoms with Gasteiger partial charge in [0, 0.05) is 11.1 Å². The van der Waals surface area contributed by atoms with Crippen molar-refractivity contribution < 1.29 is 38.2 Å². The van der Waals surface area contributed by atoms with Crippen LogP contribution in [0.5, 0.6) is 23.0 Å². The second-order valence-electron chi connectivity index (χ2n) is 10.9. The molecule has 0 atom stereocenters. The van der Waals surface area contributed by atoms with Crippen molar-refractivity contribution in [1.29, 1.82) is 5.26 Å². The highest BCUT2D eigenvalue weighted by Crippen LogP contribution is 2.37. The summed E-state index contributed by atoms with van der Waals surface area (Å²) in [5.74, 6) is -1.42. The van der Waals surface area contributed by atoms with Crippen molar-refractivity contribution in [2.75, 3.05) is 9.80 Å². The van der Waals surface area contributed by atoms with Crippen molar-refractivity contribution in [3.63, 3.8) is 0 Å². The minimum absolute atomic E-state index is 0.0653. The first-order valence-corrected chi connectivity index (χ1v) is 15.4. The summed E-state index contributed by atoms with van der Waals surface area (Å²) >= 11 is 11.1. The van der Waals surface area contributed by atoms with E-state index < -0.39 is 34.1 Å². The second kappa shape index (κ2) is 12.4. The van der Waals surface area contributed by atoms with E-state index in [9.17, 15) is 34.0 Å². The van der Waals surface area contributed by atoms with Crippen LogP contribution in [0.3, 0.4) is 0 Å². The second-order valence-corrected chi connectivity index (χ2v) is 11.6. The maximum atomic E-state index is 13.0. The zero-order valence-corrected chi connectivity index (χ0v) is 26.7. The first-order valence-electron chi connectivity index (χ1n) is 14.6. The normalized spacial score (nSPS) is 13.2. The molecule has 2 aliphatic heterocycles. The molecule has 50 heavy (non-hydrogen) atoms. The van der Waals surface area contributed by atoms with E-state index in [4.69, 9.17) is 32.7 Å². The number of hydrogen-bond donors (Lipinski definition) is 0. The number of amides is 4. The van der Waals surface area contributed by atoms with Crippen LogP contribution in [0.4, 0.5) is 11.4 Å². The molecular weight excluding hydrogens is 685 g/mol. The van der Waals surface area contributed by atoms with Crippen molar-refractivity contribution in [2.45, 2.75) is 0 Å². The molecule has 0 N–H and O–H groups in total. The predicted molar refractivity (Wildman–Crippen MR) is 180 cm³/mol. The van der Waals surface area contributed by atoms with Gasteiger partial charge < -0.3 is 9.47 Å². The molecule has 5 aromatic carbocycles. The summed E-state index contributed by atoms with van der Waals surface area (Å²) in [5, 5.41) is 8.49. The molecule has 242 valence electrons. The smallest absolute Gasteiger partial charge is 0.266 e. The lowest BCUT2D eigenvalue weighted by Crippen LogP contribution is -2.29. The van der Waals surface area contributed by atoms with Gasteiger partial charge in [-0.15, -0.1) is 0 Å². The summed E-state index contributed by atoms with van der Waals surface area (Å²) in [6.45, 7) is 0. The van der Waals surface area contributed by atoms with Gasteiger partial charge in [-0.05, 0) is 120 Å². The number of benzene rings is 5. The number of fused-ring (bicyclic) bond motifs is 2. The highest BCUT2D eigenvalue weighted by Gasteiger charge is 2.38. The fourth-order valence-corrected chi connectivity index (χ4v) is 5.80. The van der Waals surface area contributed by atoms with E-state index in [1.54, 1.807) is 18.2 Å². The summed E-state index contributed by atoms with van der Waals surface area (Å²) in [4.78, 5) is 77.1. The van der Waals surface area contributed by atoms with Crippen molar-refractivity contribution in [1.82, 2.24) is 0 Å². The first-order chi connectivity index (χ1) is 24.0. The van der Waals surface area contributed by atoms with E-state index in [0.29, 0.717) is 11.5 Å². The first kappa shape index (κ1) is 32.0. The lowest BCUT2D eigenvalue weighted by molar-refractivity contribution is 0.0910. The number of ether oxygens (including phenoxy) is 2. The number of halogens is 2. The van der Waals surface area contributed by atoms with Crippen LogP contribution >= 0.6 is 23.2 Å². The third-order valence-electron chi connectivity index (χ3n) is 7.97. The fourth-order valence-electron chi connectivity index (χ4n) is 5.57. The Morgan fingerprint density at radius 2 is 0.920 bits per heavy atom. The van der Waals surface area contributed by atoms with Crippen LogP contribution in [-0.2, 0) is 0 Å². The summed E-state index contributed by atoms with van der Waals surface area (Å²) < 4.78 is 11.9. The lowest BCUT2D eigenvalue weighted by Gasteiger charge is -2.16. The van der Waals surface area contributed by atoms with E-state index in [1.807, 2.05) is 0 Å². The van der Waals surface area contributed by atoms with Gasteiger partial charge in [-0.3, -0.25) is 28.8 Å². The van der Waals surface area contributed by atoms with E-state index in [1.165, 1.54) is 84.9 Å². The molecule has 0 unspecified atom stereocenters. The molecule has 0 bridgehead atoms. The largest absolute Gasteiger partial charge is 0.456 e. The number of hydrogen-bond acceptors (Lipinski definition) is 9. The molecule has 13 heteroatoms. The average Bonchev–Trinajstić information content (AvgIpc) is 3.52. The Labute approximate surface area is 292 Å². The van der Waals surface area contributed by atoms with E-state index in [2.05, 4.69) is 6.07 Å². The summed E-state index contributed by atoms with van der Waals surface area (Å²) in [6, 6.07) is 27.0. The molecule has 4 amide bonds. The van der Waals surface area contributed by atoms with Gasteiger partial charge in [0.25, 0.3) is 34.1 Å². The number of carbonyl (C=O) groups is 6. The maximum absolute atomic E-state index is 13.0. The molecule has 0 saturated carbocycles. The zero-order chi connectivity index (χ0) is 35.3. The summed E-state index contributed by atoms with van der Waals surface area (Å²) in [6.07, 6.45) is 0. The van der Waals surface area contributed by atoms with Gasteiger partial charge in [-0.2, -0.15) is 5.26 Å². The molecule has 2 heterocycles. The molecular formula is C37H17Cl2N3O8. The summed E-state index contributed by atoms with van der Waals surface area (Å²) in [5.41, 5.74) is 1.20. The number of nitriles is 1. The van der Waals surface area contributed by atoms with Gasteiger partial charge in [0.05, 0.1) is 33.6 Å². The average molecular weight is 702 g/mol. The predicted octanol–water partition coefficient (Wildman–Crippen LogP) is 7.50. The quantitative estimate of drug-likeness (QED) is 0.118. The van der Waals surface area contributed by atoms with Crippen LogP contribution in [0.2, 0.25) is 0 Å². The topological polar surface area (TPSA) is 151 Å². The highest BCUT2D eigenvalue weighted by atomic mass is 35.5. The third-order valence-corrected chi connectivity index (χ3v) is 8.41. The van der Waals surface area contributed by atoms with Gasteiger partial charge in [0.1, 0.15) is 34.6 Å². The molecule has 11 nitrogen and oxygen atoms in total. The SMILES string of the molecule is N#Cc1c(Oc2ccc(N3C(=O)c4ccc(C(=O)Cl)cc4C3=O)cc2)cccc1Oc1ccc(N2C(=O)c3ccc(C(=O)Cl)cc3C2=O)cc1. The zero-order valence-electron chi connectivity index (χ0n) is 25.2. The van der Waals surface area contributed by atoms with Gasteiger partial charge >= 0.3 is 0 Å². The fraction of sp³-hybridized carbons (Fsp3) is 0. The van der Waals surface area contributed by atoms with Gasteiger partial charge in [-0.25, -0.2) is 9.80 Å². The van der Waals surface area contributed by atoms with Crippen LogP contribution in [0.25, 0.3) is 0 Å². The molecule has 0 aromatic heterocycles. The van der Waals surface area contributed by atoms with E-state index in [0.717, 1.165) is 9.80 Å². The van der Waals surface area contributed by atoms with Crippen LogP contribution < -0.4 is 19.3 Å². The Morgan fingerprint density at radius 3 is 1.28 bits per heavy atom. The number of carbonyl (C=O) groups excluding carboxylic acids is 6. The Bertz CT molecular complexity index is 2230. The van der Waals surface area contributed by atoms with Crippen LogP contribution in [0, 0.1) is 11.3 Å². The molecule has 0 radical (unpaired) electrons. The Hall–Kier alpha value is -6.61. The van der Waals surface area contributed by atoms with Crippen molar-refractivity contribution in [3.8, 4) is 29.1 Å². The van der Waals surface area contributed by atoms with Crippen molar-refractivity contribution in [2.24, 2.45) is 0 Å². The van der Waals surface area contributed by atoms with Crippen molar-refractivity contribution in [3.05, 3.63) is 142 Å². The molecule has 0 saturated heterocycles. The van der Waals surface area contributed by atoms with Gasteiger partial charge in [0.15, 0.2) is 0 Å². The molecule has 0 spiro atoms. The van der Waals surface area contributed by atoms with Gasteiger partial charge in [-0.1, -0.05) is 6.07 Å². The van der Waals surface area contributed by atoms with Crippen LogP contribution in [0.1, 0.15) is 67.7 Å². The Morgan fingerprint density at radius 1 is 0.540 bits per heavy atom. The number of imide groups is 2. The number of nitrogens with zero attached hydrogens (tertiary/aromatic N) is 3. The van der Waals surface area contributed by atoms with Gasteiger partial charge in [0.2, 0.25) is 0 Å². The molecule has 5 aromatic rings. The highest BCUT2D eigenvalue weighted by molar-refractivity contribution is 6.68. The molecule has 7 rings (SSSR count). The van der Waals surface area contributed by atoms with E-state index >= 15 is 0 Å². The van der Waals surface area contributed by atoms with Crippen LogP contribution in [-0.4, -0.2) is 34.1 Å². The standard InChI is InChI=1S/C37H17Cl2N3O8/c38-32(43)19-4-14-25-27(16-19)36(47)41(34(25)45)21-6-10-23(11-7-21)49-30-2-1-3-31(29(30)18-40)50-24-12-8-22(9-13-24)42-35(46)26-15-5-20(33(39)44)17-28(26)37(42)48/h1-17H. The Balaban J connectivity index is 1.07. The monoisotopic (exact) mass is 701 g/mol. The van der Waals surface area contributed by atoms with Crippen LogP contribution in [0.15, 0.2) is 103 Å². The van der Waals surface area contributed by atoms with E-state index in [-0.39, 0.29) is 61.8 Å².